The molecule has 0 aromatic rings. The zero-order valence-corrected chi connectivity index (χ0v) is 11.3. The van der Waals surface area contributed by atoms with Crippen molar-refractivity contribution < 1.29 is 4.74 Å². The molecular formula is C13H28N2O. The highest BCUT2D eigenvalue weighted by atomic mass is 16.5. The quantitative estimate of drug-likeness (QED) is 0.782. The van der Waals surface area contributed by atoms with Crippen LogP contribution < -0.4 is 5.73 Å². The van der Waals surface area contributed by atoms with Crippen LogP contribution in [0.5, 0.6) is 0 Å². The molecule has 2 unspecified atom stereocenters. The molecule has 1 rings (SSSR count). The van der Waals surface area contributed by atoms with Gasteiger partial charge in [-0.05, 0) is 46.2 Å². The molecule has 3 heteroatoms. The fourth-order valence-electron chi connectivity index (χ4n) is 3.20. The van der Waals surface area contributed by atoms with E-state index in [4.69, 9.17) is 10.5 Å². The molecule has 3 nitrogen and oxygen atoms in total. The standard InChI is InChI=1S/C13H28N2O/c1-5-7-15(6-2)13(10-14)8-11(3)16-12(4)9-13/h11-12H,5-10,14H2,1-4H3. The predicted molar refractivity (Wildman–Crippen MR) is 68.6 cm³/mol. The first kappa shape index (κ1) is 13.9. The summed E-state index contributed by atoms with van der Waals surface area (Å²) in [5, 5.41) is 0. The van der Waals surface area contributed by atoms with Gasteiger partial charge >= 0.3 is 0 Å². The summed E-state index contributed by atoms with van der Waals surface area (Å²) in [5.41, 5.74) is 6.24. The van der Waals surface area contributed by atoms with E-state index in [0.29, 0.717) is 12.2 Å². The highest BCUT2D eigenvalue weighted by Crippen LogP contribution is 2.33. The Bertz CT molecular complexity index is 198. The highest BCUT2D eigenvalue weighted by molar-refractivity contribution is 4.97. The van der Waals surface area contributed by atoms with Crippen molar-refractivity contribution in [3.05, 3.63) is 0 Å². The molecule has 0 spiro atoms. The topological polar surface area (TPSA) is 38.5 Å². The molecule has 0 aromatic carbocycles. The lowest BCUT2D eigenvalue weighted by molar-refractivity contribution is -0.102. The molecular weight excluding hydrogens is 200 g/mol. The summed E-state index contributed by atoms with van der Waals surface area (Å²) in [7, 11) is 0. The van der Waals surface area contributed by atoms with Crippen molar-refractivity contribution in [2.24, 2.45) is 5.73 Å². The Morgan fingerprint density at radius 2 is 1.81 bits per heavy atom. The second-order valence-corrected chi connectivity index (χ2v) is 5.17. The summed E-state index contributed by atoms with van der Waals surface area (Å²) >= 11 is 0. The predicted octanol–water partition coefficient (Wildman–Crippen LogP) is 2.00. The van der Waals surface area contributed by atoms with Crippen LogP contribution in [0.2, 0.25) is 0 Å². The first-order chi connectivity index (χ1) is 7.57. The normalized spacial score (nSPS) is 35.6. The Morgan fingerprint density at radius 3 is 2.19 bits per heavy atom. The average Bonchev–Trinajstić information content (AvgIpc) is 2.24. The van der Waals surface area contributed by atoms with Crippen LogP contribution in [0.1, 0.15) is 47.0 Å². The van der Waals surface area contributed by atoms with Gasteiger partial charge in [-0.1, -0.05) is 13.8 Å². The van der Waals surface area contributed by atoms with Gasteiger partial charge in [0, 0.05) is 12.1 Å². The third-order valence-corrected chi connectivity index (χ3v) is 3.73. The minimum atomic E-state index is 0.168. The number of ether oxygens (including phenoxy) is 1. The Balaban J connectivity index is 2.80. The van der Waals surface area contributed by atoms with Gasteiger partial charge in [0.1, 0.15) is 0 Å². The summed E-state index contributed by atoms with van der Waals surface area (Å²) in [6.07, 6.45) is 4.00. The van der Waals surface area contributed by atoms with Crippen LogP contribution in [-0.2, 0) is 4.74 Å². The second kappa shape index (κ2) is 5.99. The SMILES string of the molecule is CCCN(CC)C1(CN)CC(C)OC(C)C1. The molecule has 2 atom stereocenters. The zero-order valence-electron chi connectivity index (χ0n) is 11.3. The molecule has 0 saturated carbocycles. The van der Waals surface area contributed by atoms with E-state index in [1.165, 1.54) is 6.42 Å². The van der Waals surface area contributed by atoms with Crippen molar-refractivity contribution in [1.82, 2.24) is 4.90 Å². The first-order valence-corrected chi connectivity index (χ1v) is 6.68. The number of likely N-dealkylation sites (N-methyl/N-ethyl adjacent to an activating group) is 1. The molecule has 1 fully saturated rings. The van der Waals surface area contributed by atoms with Gasteiger partial charge in [0.05, 0.1) is 12.2 Å². The van der Waals surface area contributed by atoms with Gasteiger partial charge in [-0.25, -0.2) is 0 Å². The van der Waals surface area contributed by atoms with E-state index in [-0.39, 0.29) is 5.54 Å². The van der Waals surface area contributed by atoms with E-state index in [0.717, 1.165) is 32.5 Å². The van der Waals surface area contributed by atoms with E-state index < -0.39 is 0 Å². The number of hydrogen-bond acceptors (Lipinski definition) is 3. The van der Waals surface area contributed by atoms with Crippen molar-refractivity contribution in [2.45, 2.75) is 64.7 Å². The van der Waals surface area contributed by atoms with Gasteiger partial charge in [0.25, 0.3) is 0 Å². The van der Waals surface area contributed by atoms with Gasteiger partial charge in [-0.2, -0.15) is 0 Å². The third kappa shape index (κ3) is 2.96. The smallest absolute Gasteiger partial charge is 0.0568 e. The second-order valence-electron chi connectivity index (χ2n) is 5.17. The van der Waals surface area contributed by atoms with Gasteiger partial charge in [-0.15, -0.1) is 0 Å². The van der Waals surface area contributed by atoms with Crippen LogP contribution in [0.3, 0.4) is 0 Å². The Hall–Kier alpha value is -0.120. The fourth-order valence-corrected chi connectivity index (χ4v) is 3.20. The minimum Gasteiger partial charge on any atom is -0.375 e. The fraction of sp³-hybridized carbons (Fsp3) is 1.00. The molecule has 0 aromatic heterocycles. The maximum atomic E-state index is 6.07. The molecule has 96 valence electrons. The van der Waals surface area contributed by atoms with E-state index in [1.54, 1.807) is 0 Å². The van der Waals surface area contributed by atoms with Gasteiger partial charge in [0.2, 0.25) is 0 Å². The van der Waals surface area contributed by atoms with Crippen molar-refractivity contribution in [2.75, 3.05) is 19.6 Å². The van der Waals surface area contributed by atoms with Crippen LogP contribution >= 0.6 is 0 Å². The summed E-state index contributed by atoms with van der Waals surface area (Å²) in [6.45, 7) is 11.8. The Labute approximate surface area is 100 Å². The molecule has 1 aliphatic heterocycles. The minimum absolute atomic E-state index is 0.168. The van der Waals surface area contributed by atoms with Crippen LogP contribution in [0, 0.1) is 0 Å². The van der Waals surface area contributed by atoms with Gasteiger partial charge in [-0.3, -0.25) is 4.90 Å². The maximum Gasteiger partial charge on any atom is 0.0568 e. The van der Waals surface area contributed by atoms with Crippen LogP contribution in [-0.4, -0.2) is 42.3 Å². The summed E-state index contributed by atoms with van der Waals surface area (Å²) in [4.78, 5) is 2.56. The van der Waals surface area contributed by atoms with Gasteiger partial charge < -0.3 is 10.5 Å². The third-order valence-electron chi connectivity index (χ3n) is 3.73. The number of hydrogen-bond donors (Lipinski definition) is 1. The molecule has 2 N–H and O–H groups in total. The van der Waals surface area contributed by atoms with Crippen molar-refractivity contribution in [3.63, 3.8) is 0 Å². The molecule has 1 aliphatic rings. The molecule has 0 amide bonds. The van der Waals surface area contributed by atoms with E-state index in [9.17, 15) is 0 Å². The summed E-state index contributed by atoms with van der Waals surface area (Å²) in [5.74, 6) is 0. The van der Waals surface area contributed by atoms with Crippen molar-refractivity contribution in [1.29, 1.82) is 0 Å². The molecule has 0 radical (unpaired) electrons. The molecule has 1 heterocycles. The lowest BCUT2D eigenvalue weighted by Gasteiger charge is -2.49. The lowest BCUT2D eigenvalue weighted by atomic mass is 9.82. The van der Waals surface area contributed by atoms with E-state index in [2.05, 4.69) is 32.6 Å². The van der Waals surface area contributed by atoms with E-state index in [1.807, 2.05) is 0 Å². The van der Waals surface area contributed by atoms with Crippen LogP contribution in [0.4, 0.5) is 0 Å². The van der Waals surface area contributed by atoms with Crippen molar-refractivity contribution >= 4 is 0 Å². The number of rotatable bonds is 5. The van der Waals surface area contributed by atoms with E-state index >= 15 is 0 Å². The maximum absolute atomic E-state index is 6.07. The molecule has 0 bridgehead atoms. The zero-order chi connectivity index (χ0) is 12.2. The molecule has 16 heavy (non-hydrogen) atoms. The van der Waals surface area contributed by atoms with Crippen LogP contribution in [0.25, 0.3) is 0 Å². The molecule has 0 aliphatic carbocycles. The Kier molecular flexibility index (Phi) is 5.22. The van der Waals surface area contributed by atoms with Crippen molar-refractivity contribution in [3.8, 4) is 0 Å². The van der Waals surface area contributed by atoms with Gasteiger partial charge in [0.15, 0.2) is 0 Å². The Morgan fingerprint density at radius 1 is 1.25 bits per heavy atom. The van der Waals surface area contributed by atoms with Crippen LogP contribution in [0.15, 0.2) is 0 Å². The number of nitrogens with two attached hydrogens (primary N) is 1. The lowest BCUT2D eigenvalue weighted by Crippen LogP contribution is -2.59. The highest BCUT2D eigenvalue weighted by Gasteiger charge is 2.41. The average molecular weight is 228 g/mol. The largest absolute Gasteiger partial charge is 0.375 e. The monoisotopic (exact) mass is 228 g/mol. The summed E-state index contributed by atoms with van der Waals surface area (Å²) in [6, 6.07) is 0. The summed E-state index contributed by atoms with van der Waals surface area (Å²) < 4.78 is 5.83. The molecule has 1 saturated heterocycles. The number of nitrogens with zero attached hydrogens (tertiary/aromatic N) is 1. The first-order valence-electron chi connectivity index (χ1n) is 6.68.